The molecule has 2 rings (SSSR count). The molecule has 21 heavy (non-hydrogen) atoms. The second-order valence-corrected chi connectivity index (χ2v) is 7.51. The summed E-state index contributed by atoms with van der Waals surface area (Å²) in [7, 11) is 0. The van der Waals surface area contributed by atoms with Crippen LogP contribution in [0.3, 0.4) is 0 Å². The first-order valence-electron chi connectivity index (χ1n) is 8.87. The molecule has 0 amide bonds. The molecule has 0 aliphatic heterocycles. The summed E-state index contributed by atoms with van der Waals surface area (Å²) in [5.41, 5.74) is 3.37. The fourth-order valence-electron chi connectivity index (χ4n) is 3.59. The second-order valence-electron chi connectivity index (χ2n) is 7.51. The van der Waals surface area contributed by atoms with Crippen LogP contribution < -0.4 is 5.32 Å². The Morgan fingerprint density at radius 3 is 1.95 bits per heavy atom. The molecule has 1 N–H and O–H groups in total. The summed E-state index contributed by atoms with van der Waals surface area (Å²) in [5, 5.41) is 3.72. The van der Waals surface area contributed by atoms with E-state index in [0.29, 0.717) is 17.4 Å². The lowest BCUT2D eigenvalue weighted by Crippen LogP contribution is -2.40. The number of nitrogens with one attached hydrogen (secondary N) is 1. The van der Waals surface area contributed by atoms with Gasteiger partial charge in [-0.25, -0.2) is 0 Å². The van der Waals surface area contributed by atoms with Crippen LogP contribution >= 0.6 is 0 Å². The molecule has 118 valence electrons. The molecule has 1 aromatic carbocycles. The third-order valence-electron chi connectivity index (χ3n) is 5.10. The molecule has 0 atom stereocenters. The molecule has 1 aliphatic rings. The molecule has 0 radical (unpaired) electrons. The lowest BCUT2D eigenvalue weighted by molar-refractivity contribution is 0.336. The van der Waals surface area contributed by atoms with Crippen LogP contribution in [0.4, 0.5) is 0 Å². The molecule has 0 heterocycles. The Bertz CT molecular complexity index is 408. The summed E-state index contributed by atoms with van der Waals surface area (Å²) in [6.45, 7) is 10.2. The van der Waals surface area contributed by atoms with Crippen LogP contribution in [0.5, 0.6) is 0 Å². The van der Waals surface area contributed by atoms with Crippen LogP contribution in [0.25, 0.3) is 0 Å². The van der Waals surface area contributed by atoms with Gasteiger partial charge in [0.2, 0.25) is 0 Å². The Morgan fingerprint density at radius 1 is 0.905 bits per heavy atom. The van der Waals surface area contributed by atoms with Crippen LogP contribution in [-0.4, -0.2) is 12.6 Å². The van der Waals surface area contributed by atoms with Gasteiger partial charge < -0.3 is 5.32 Å². The van der Waals surface area contributed by atoms with E-state index in [0.717, 1.165) is 6.54 Å². The van der Waals surface area contributed by atoms with E-state index < -0.39 is 0 Å². The van der Waals surface area contributed by atoms with Gasteiger partial charge in [0.15, 0.2) is 0 Å². The highest BCUT2D eigenvalue weighted by molar-refractivity contribution is 5.31. The minimum Gasteiger partial charge on any atom is -0.314 e. The monoisotopic (exact) mass is 287 g/mol. The zero-order chi connectivity index (χ0) is 15.3. The fraction of sp³-hybridized carbons (Fsp3) is 0.700. The maximum Gasteiger partial charge on any atom is 0.00778 e. The fourth-order valence-corrected chi connectivity index (χ4v) is 3.59. The molecule has 1 saturated carbocycles. The smallest absolute Gasteiger partial charge is 0.00778 e. The van der Waals surface area contributed by atoms with Gasteiger partial charge in [-0.15, -0.1) is 0 Å². The number of rotatable bonds is 5. The van der Waals surface area contributed by atoms with Crippen molar-refractivity contribution in [3.05, 3.63) is 35.4 Å². The van der Waals surface area contributed by atoms with E-state index in [4.69, 9.17) is 0 Å². The normalized spacial score (nSPS) is 19.0. The molecule has 1 aromatic rings. The van der Waals surface area contributed by atoms with E-state index in [-0.39, 0.29) is 0 Å². The molecule has 1 aliphatic carbocycles. The predicted molar refractivity (Wildman–Crippen MR) is 93.0 cm³/mol. The maximum atomic E-state index is 3.72. The van der Waals surface area contributed by atoms with Crippen molar-refractivity contribution < 1.29 is 0 Å². The maximum absolute atomic E-state index is 3.72. The van der Waals surface area contributed by atoms with Gasteiger partial charge in [-0.2, -0.15) is 0 Å². The van der Waals surface area contributed by atoms with Crippen LogP contribution in [0.1, 0.15) is 83.3 Å². The number of hydrogen-bond donors (Lipinski definition) is 1. The molecular formula is C20H33N. The van der Waals surface area contributed by atoms with Gasteiger partial charge in [0.25, 0.3) is 0 Å². The summed E-state index contributed by atoms with van der Waals surface area (Å²) in [6, 6.07) is 10.1. The molecule has 1 nitrogen and oxygen atoms in total. The van der Waals surface area contributed by atoms with Crippen LogP contribution in [-0.2, 0) is 5.41 Å². The van der Waals surface area contributed by atoms with Crippen molar-refractivity contribution in [3.8, 4) is 0 Å². The topological polar surface area (TPSA) is 12.0 Å². The van der Waals surface area contributed by atoms with Crippen molar-refractivity contribution in [1.29, 1.82) is 0 Å². The highest BCUT2D eigenvalue weighted by Crippen LogP contribution is 2.38. The van der Waals surface area contributed by atoms with Crippen LogP contribution in [0, 0.1) is 0 Å². The van der Waals surface area contributed by atoms with Gasteiger partial charge in [-0.05, 0) is 29.9 Å². The molecule has 0 unspecified atom stereocenters. The Labute approximate surface area is 131 Å². The summed E-state index contributed by atoms with van der Waals surface area (Å²) in [5.74, 6) is 0.623. The summed E-state index contributed by atoms with van der Waals surface area (Å²) in [6.07, 6.45) is 8.26. The summed E-state index contributed by atoms with van der Waals surface area (Å²) < 4.78 is 0. The van der Waals surface area contributed by atoms with Crippen LogP contribution in [0.15, 0.2) is 24.3 Å². The third-order valence-corrected chi connectivity index (χ3v) is 5.10. The predicted octanol–water partition coefficient (Wildman–Crippen LogP) is 5.40. The largest absolute Gasteiger partial charge is 0.314 e. The average Bonchev–Trinajstić information content (AvgIpc) is 2.72. The Balaban J connectivity index is 2.24. The van der Waals surface area contributed by atoms with Gasteiger partial charge in [-0.1, -0.05) is 77.6 Å². The highest BCUT2D eigenvalue weighted by Gasteiger charge is 2.32. The lowest BCUT2D eigenvalue weighted by atomic mass is 9.73. The van der Waals surface area contributed by atoms with E-state index in [2.05, 4.69) is 57.3 Å². The van der Waals surface area contributed by atoms with E-state index in [1.807, 2.05) is 0 Å². The minimum atomic E-state index is 0.357. The first-order chi connectivity index (χ1) is 10.0. The van der Waals surface area contributed by atoms with Gasteiger partial charge in [0.1, 0.15) is 0 Å². The van der Waals surface area contributed by atoms with E-state index >= 15 is 0 Å². The van der Waals surface area contributed by atoms with Crippen molar-refractivity contribution in [2.75, 3.05) is 6.54 Å². The van der Waals surface area contributed by atoms with Crippen molar-refractivity contribution in [2.24, 2.45) is 0 Å². The molecule has 0 spiro atoms. The molecule has 0 saturated heterocycles. The van der Waals surface area contributed by atoms with Crippen molar-refractivity contribution in [3.63, 3.8) is 0 Å². The number of benzene rings is 1. The van der Waals surface area contributed by atoms with Crippen molar-refractivity contribution in [1.82, 2.24) is 5.32 Å². The van der Waals surface area contributed by atoms with E-state index in [1.54, 1.807) is 5.56 Å². The molecule has 1 fully saturated rings. The molecular weight excluding hydrogens is 254 g/mol. The number of hydrogen-bond acceptors (Lipinski definition) is 1. The first kappa shape index (κ1) is 16.5. The van der Waals surface area contributed by atoms with Crippen LogP contribution in [0.2, 0.25) is 0 Å². The van der Waals surface area contributed by atoms with Crippen molar-refractivity contribution in [2.45, 2.75) is 83.6 Å². The average molecular weight is 287 g/mol. The quantitative estimate of drug-likeness (QED) is 0.715. The SMILES string of the molecule is CC(C)NCC1(c2ccc(C(C)C)cc2)CCCCCC1. The Hall–Kier alpha value is -0.820. The third kappa shape index (κ3) is 4.32. The lowest BCUT2D eigenvalue weighted by Gasteiger charge is -2.35. The van der Waals surface area contributed by atoms with Gasteiger partial charge in [-0.3, -0.25) is 0 Å². The Kier molecular flexibility index (Phi) is 5.87. The van der Waals surface area contributed by atoms with E-state index in [1.165, 1.54) is 44.1 Å². The van der Waals surface area contributed by atoms with Gasteiger partial charge in [0.05, 0.1) is 0 Å². The highest BCUT2D eigenvalue weighted by atomic mass is 14.9. The van der Waals surface area contributed by atoms with Gasteiger partial charge in [0, 0.05) is 18.0 Å². The summed E-state index contributed by atoms with van der Waals surface area (Å²) >= 11 is 0. The van der Waals surface area contributed by atoms with Crippen molar-refractivity contribution >= 4 is 0 Å². The minimum absolute atomic E-state index is 0.357. The zero-order valence-electron chi connectivity index (χ0n) is 14.4. The molecule has 0 bridgehead atoms. The zero-order valence-corrected chi connectivity index (χ0v) is 14.4. The summed E-state index contributed by atoms with van der Waals surface area (Å²) in [4.78, 5) is 0. The molecule has 1 heteroatoms. The van der Waals surface area contributed by atoms with E-state index in [9.17, 15) is 0 Å². The van der Waals surface area contributed by atoms with Gasteiger partial charge >= 0.3 is 0 Å². The Morgan fingerprint density at radius 2 is 1.48 bits per heavy atom. The molecule has 0 aromatic heterocycles. The first-order valence-corrected chi connectivity index (χ1v) is 8.87. The second kappa shape index (κ2) is 7.45. The standard InChI is InChI=1S/C20H33N/c1-16(2)18-9-11-19(12-10-18)20(15-21-17(3)4)13-7-5-6-8-14-20/h9-12,16-17,21H,5-8,13-15H2,1-4H3.